The third kappa shape index (κ3) is 3.76. The summed E-state index contributed by atoms with van der Waals surface area (Å²) in [4.78, 5) is 28.5. The van der Waals surface area contributed by atoms with Crippen LogP contribution in [-0.4, -0.2) is 32.7 Å². The van der Waals surface area contributed by atoms with Gasteiger partial charge in [-0.3, -0.25) is 9.59 Å². The van der Waals surface area contributed by atoms with Crippen LogP contribution in [0.4, 0.5) is 17.1 Å². The zero-order valence-electron chi connectivity index (χ0n) is 15.5. The summed E-state index contributed by atoms with van der Waals surface area (Å²) in [5.41, 5.74) is 2.52. The fourth-order valence-electron chi connectivity index (χ4n) is 3.68. The van der Waals surface area contributed by atoms with Gasteiger partial charge in [0.2, 0.25) is 0 Å². The van der Waals surface area contributed by atoms with E-state index in [1.807, 2.05) is 47.4 Å². The third-order valence-corrected chi connectivity index (χ3v) is 5.45. The number of nitrogens with one attached hydrogen (secondary N) is 1. The van der Waals surface area contributed by atoms with Crippen molar-refractivity contribution >= 4 is 28.7 Å². The Kier molecular flexibility index (Phi) is 5.35. The van der Waals surface area contributed by atoms with Gasteiger partial charge >= 0.3 is 0 Å². The Morgan fingerprint density at radius 3 is 2.29 bits per heavy atom. The van der Waals surface area contributed by atoms with Gasteiger partial charge in [0.1, 0.15) is 11.4 Å². The Hall–Kier alpha value is -2.79. The third-order valence-electron chi connectivity index (χ3n) is 5.21. The molecule has 1 heterocycles. The van der Waals surface area contributed by atoms with Crippen molar-refractivity contribution in [3.8, 4) is 0 Å². The van der Waals surface area contributed by atoms with Crippen LogP contribution >= 0.6 is 11.6 Å². The molecule has 1 fully saturated rings. The second-order valence-corrected chi connectivity index (χ2v) is 7.43. The molecule has 3 aromatic rings. The molecule has 0 aromatic heterocycles. The maximum atomic E-state index is 12.2. The average molecular weight is 396 g/mol. The van der Waals surface area contributed by atoms with E-state index >= 15 is 0 Å². The predicted octanol–water partition coefficient (Wildman–Crippen LogP) is 2.92. The highest BCUT2D eigenvalue weighted by Gasteiger charge is 2.28. The van der Waals surface area contributed by atoms with E-state index in [0.717, 1.165) is 25.2 Å². The first-order chi connectivity index (χ1) is 13.6. The highest BCUT2D eigenvalue weighted by Crippen LogP contribution is 2.25. The van der Waals surface area contributed by atoms with Crippen LogP contribution in [-0.2, 0) is 6.42 Å². The number of nitrogens with zero attached hydrogens (tertiary/aromatic N) is 2. The van der Waals surface area contributed by atoms with Crippen LogP contribution in [0.3, 0.4) is 0 Å². The van der Waals surface area contributed by atoms with E-state index in [-0.39, 0.29) is 5.43 Å². The van der Waals surface area contributed by atoms with Crippen LogP contribution in [0.5, 0.6) is 0 Å². The van der Waals surface area contributed by atoms with Gasteiger partial charge in [-0.25, -0.2) is 0 Å². The number of anilines is 3. The van der Waals surface area contributed by atoms with Crippen molar-refractivity contribution in [1.29, 1.82) is 0 Å². The van der Waals surface area contributed by atoms with Crippen molar-refractivity contribution in [1.82, 2.24) is 0 Å². The van der Waals surface area contributed by atoms with E-state index in [9.17, 15) is 9.59 Å². The van der Waals surface area contributed by atoms with Crippen molar-refractivity contribution in [2.45, 2.75) is 6.42 Å². The fourth-order valence-corrected chi connectivity index (χ4v) is 3.87. The SMILES string of the molecule is O=c1c(NCCc2ccccc2)c(N2CCN(c3cccc(Cl)c3)CC2)c1=O. The van der Waals surface area contributed by atoms with Gasteiger partial charge in [0.25, 0.3) is 10.9 Å². The average Bonchev–Trinajstić information content (AvgIpc) is 2.74. The van der Waals surface area contributed by atoms with Crippen molar-refractivity contribution in [2.24, 2.45) is 0 Å². The molecule has 1 saturated heterocycles. The van der Waals surface area contributed by atoms with Crippen LogP contribution in [0.25, 0.3) is 0 Å². The first-order valence-electron chi connectivity index (χ1n) is 9.50. The van der Waals surface area contributed by atoms with Crippen LogP contribution in [0.15, 0.2) is 64.2 Å². The van der Waals surface area contributed by atoms with E-state index in [4.69, 9.17) is 11.6 Å². The minimum atomic E-state index is -0.402. The highest BCUT2D eigenvalue weighted by atomic mass is 35.5. The minimum absolute atomic E-state index is 0.376. The Morgan fingerprint density at radius 1 is 0.857 bits per heavy atom. The van der Waals surface area contributed by atoms with Crippen LogP contribution in [0, 0.1) is 0 Å². The lowest BCUT2D eigenvalue weighted by Crippen LogP contribution is -2.51. The van der Waals surface area contributed by atoms with Gasteiger partial charge in [0.05, 0.1) is 0 Å². The zero-order valence-corrected chi connectivity index (χ0v) is 16.3. The number of hydrogen-bond acceptors (Lipinski definition) is 5. The molecule has 3 aromatic carbocycles. The zero-order chi connectivity index (χ0) is 19.5. The van der Waals surface area contributed by atoms with E-state index < -0.39 is 5.43 Å². The normalized spacial score (nSPS) is 14.5. The number of halogens is 1. The van der Waals surface area contributed by atoms with E-state index in [1.54, 1.807) is 0 Å². The number of benzene rings is 2. The second-order valence-electron chi connectivity index (χ2n) is 7.00. The predicted molar refractivity (Wildman–Crippen MR) is 116 cm³/mol. The lowest BCUT2D eigenvalue weighted by atomic mass is 10.1. The lowest BCUT2D eigenvalue weighted by molar-refractivity contribution is 0.650. The minimum Gasteiger partial charge on any atom is -0.380 e. The molecule has 1 aliphatic rings. The largest absolute Gasteiger partial charge is 0.380 e. The number of piperazine rings is 1. The summed E-state index contributed by atoms with van der Waals surface area (Å²) in [6, 6.07) is 17.9. The molecule has 0 saturated carbocycles. The van der Waals surface area contributed by atoms with Crippen LogP contribution in [0.2, 0.25) is 5.02 Å². The maximum Gasteiger partial charge on any atom is 0.253 e. The summed E-state index contributed by atoms with van der Waals surface area (Å²) in [6.45, 7) is 3.59. The summed E-state index contributed by atoms with van der Waals surface area (Å²) < 4.78 is 0. The first kappa shape index (κ1) is 18.6. The van der Waals surface area contributed by atoms with Crippen molar-refractivity contribution in [3.63, 3.8) is 0 Å². The molecule has 0 unspecified atom stereocenters. The summed E-state index contributed by atoms with van der Waals surface area (Å²) in [7, 11) is 0. The molecule has 28 heavy (non-hydrogen) atoms. The van der Waals surface area contributed by atoms with E-state index in [1.165, 1.54) is 5.56 Å². The summed E-state index contributed by atoms with van der Waals surface area (Å²) in [5.74, 6) is 0. The molecule has 6 heteroatoms. The molecule has 0 atom stereocenters. The molecule has 1 N–H and O–H groups in total. The first-order valence-corrected chi connectivity index (χ1v) is 9.88. The number of rotatable bonds is 6. The summed E-state index contributed by atoms with van der Waals surface area (Å²) in [6.07, 6.45) is 0.807. The second kappa shape index (κ2) is 8.07. The van der Waals surface area contributed by atoms with Gasteiger partial charge < -0.3 is 15.1 Å². The molecule has 4 rings (SSSR count). The summed E-state index contributed by atoms with van der Waals surface area (Å²) in [5, 5.41) is 3.90. The molecule has 0 bridgehead atoms. The Labute approximate surface area is 168 Å². The van der Waals surface area contributed by atoms with Crippen LogP contribution < -0.4 is 26.0 Å². The molecule has 144 valence electrons. The van der Waals surface area contributed by atoms with E-state index in [2.05, 4.69) is 22.3 Å². The molecule has 1 aliphatic heterocycles. The highest BCUT2D eigenvalue weighted by molar-refractivity contribution is 6.30. The van der Waals surface area contributed by atoms with Gasteiger partial charge in [0.15, 0.2) is 0 Å². The molecular weight excluding hydrogens is 374 g/mol. The lowest BCUT2D eigenvalue weighted by Gasteiger charge is -2.38. The maximum absolute atomic E-state index is 12.2. The monoisotopic (exact) mass is 395 g/mol. The van der Waals surface area contributed by atoms with Gasteiger partial charge in [-0.15, -0.1) is 0 Å². The molecule has 0 aliphatic carbocycles. The molecule has 0 spiro atoms. The quantitative estimate of drug-likeness (QED) is 0.650. The van der Waals surface area contributed by atoms with Gasteiger partial charge in [-0.1, -0.05) is 48.0 Å². The standard InChI is InChI=1S/C22H22ClN3O2/c23-17-7-4-8-18(15-17)25-11-13-26(14-12-25)20-19(21(27)22(20)28)24-10-9-16-5-2-1-3-6-16/h1-8,15,24H,9-14H2. The molecule has 0 radical (unpaired) electrons. The van der Waals surface area contributed by atoms with Gasteiger partial charge in [-0.2, -0.15) is 0 Å². The van der Waals surface area contributed by atoms with E-state index in [0.29, 0.717) is 36.0 Å². The summed E-state index contributed by atoms with van der Waals surface area (Å²) >= 11 is 6.09. The Balaban J connectivity index is 1.38. The number of hydrogen-bond donors (Lipinski definition) is 1. The molecule has 5 nitrogen and oxygen atoms in total. The van der Waals surface area contributed by atoms with Crippen molar-refractivity contribution in [2.75, 3.05) is 47.8 Å². The Morgan fingerprint density at radius 2 is 1.57 bits per heavy atom. The molecular formula is C22H22ClN3O2. The van der Waals surface area contributed by atoms with Gasteiger partial charge in [0, 0.05) is 43.4 Å². The molecule has 0 amide bonds. The smallest absolute Gasteiger partial charge is 0.253 e. The van der Waals surface area contributed by atoms with Crippen molar-refractivity contribution < 1.29 is 0 Å². The van der Waals surface area contributed by atoms with Crippen LogP contribution in [0.1, 0.15) is 5.56 Å². The van der Waals surface area contributed by atoms with Crippen molar-refractivity contribution in [3.05, 3.63) is 85.6 Å². The fraction of sp³-hybridized carbons (Fsp3) is 0.273. The Bertz CT molecular complexity index is 1020. The van der Waals surface area contributed by atoms with Gasteiger partial charge in [-0.05, 0) is 30.2 Å². The topological polar surface area (TPSA) is 52.7 Å².